The van der Waals surface area contributed by atoms with Crippen molar-refractivity contribution in [1.82, 2.24) is 4.57 Å². The number of para-hydroxylation sites is 3. The molecule has 0 aliphatic rings. The van der Waals surface area contributed by atoms with E-state index in [-0.39, 0.29) is 0 Å². The zero-order valence-corrected chi connectivity index (χ0v) is 17.3. The van der Waals surface area contributed by atoms with E-state index in [4.69, 9.17) is 0 Å². The van der Waals surface area contributed by atoms with E-state index in [1.807, 2.05) is 13.8 Å². The van der Waals surface area contributed by atoms with Crippen molar-refractivity contribution in [2.45, 2.75) is 20.7 Å². The zero-order chi connectivity index (χ0) is 20.2. The minimum absolute atomic E-state index is 0.322. The van der Waals surface area contributed by atoms with Crippen LogP contribution in [0.5, 0.6) is 0 Å². The number of benzene rings is 4. The molecule has 5 rings (SSSR count). The Kier molecular flexibility index (Phi) is 5.53. The maximum atomic E-state index is 2.42. The van der Waals surface area contributed by atoms with Crippen LogP contribution < -0.4 is 10.9 Å². The van der Waals surface area contributed by atoms with Gasteiger partial charge in [-0.1, -0.05) is 117 Å². The van der Waals surface area contributed by atoms with Crippen LogP contribution in [0.3, 0.4) is 0 Å². The molecule has 0 aliphatic heterocycles. The third-order valence-electron chi connectivity index (χ3n) is 5.52. The summed E-state index contributed by atoms with van der Waals surface area (Å²) < 4.78 is 2.42. The summed E-state index contributed by atoms with van der Waals surface area (Å²) in [6.45, 7) is 6.62. The summed E-state index contributed by atoms with van der Waals surface area (Å²) in [5, 5.41) is 2.60. The van der Waals surface area contributed by atoms with Gasteiger partial charge in [-0.25, -0.2) is 0 Å². The van der Waals surface area contributed by atoms with Crippen molar-refractivity contribution < 1.29 is 0 Å². The van der Waals surface area contributed by atoms with Crippen molar-refractivity contribution in [1.29, 1.82) is 0 Å². The topological polar surface area (TPSA) is 4.93 Å². The summed E-state index contributed by atoms with van der Waals surface area (Å²) in [7, 11) is 0. The van der Waals surface area contributed by atoms with E-state index < -0.39 is 0 Å². The van der Waals surface area contributed by atoms with E-state index in [1.165, 1.54) is 38.4 Å². The van der Waals surface area contributed by atoms with Gasteiger partial charge in [0, 0.05) is 16.5 Å². The molecule has 0 aliphatic carbocycles. The Hall–Kier alpha value is -3.26. The quantitative estimate of drug-likeness (QED) is 0.338. The van der Waals surface area contributed by atoms with Crippen molar-refractivity contribution in [3.8, 4) is 5.69 Å². The molecule has 0 atom stereocenters. The van der Waals surface area contributed by atoms with Crippen molar-refractivity contribution in [2.75, 3.05) is 0 Å². The Labute approximate surface area is 173 Å². The largest absolute Gasteiger partial charge is 0.310 e. The Morgan fingerprint density at radius 2 is 1.03 bits per heavy atom. The van der Waals surface area contributed by atoms with E-state index in [0.29, 0.717) is 6.71 Å². The SMILES string of the molecule is CB(c1ccccc1)c1ccccc1-n1c2ccccc2c2ccccc21.CC. The Morgan fingerprint density at radius 3 is 1.66 bits per heavy atom. The van der Waals surface area contributed by atoms with Crippen LogP contribution in [0.15, 0.2) is 103 Å². The average Bonchev–Trinajstić information content (AvgIpc) is 3.15. The molecule has 5 aromatic rings. The molecule has 0 unspecified atom stereocenters. The van der Waals surface area contributed by atoms with E-state index in [9.17, 15) is 0 Å². The maximum absolute atomic E-state index is 2.42. The summed E-state index contributed by atoms with van der Waals surface area (Å²) in [4.78, 5) is 0. The van der Waals surface area contributed by atoms with E-state index >= 15 is 0 Å². The number of fused-ring (bicyclic) bond motifs is 3. The first-order valence-electron chi connectivity index (χ1n) is 10.5. The van der Waals surface area contributed by atoms with Crippen LogP contribution in [0.4, 0.5) is 0 Å². The maximum Gasteiger partial charge on any atom is 0.208 e. The second-order valence-electron chi connectivity index (χ2n) is 7.06. The van der Waals surface area contributed by atoms with Crippen LogP contribution >= 0.6 is 0 Å². The molecule has 1 heterocycles. The first kappa shape index (κ1) is 19.1. The van der Waals surface area contributed by atoms with Crippen LogP contribution in [0, 0.1) is 0 Å². The van der Waals surface area contributed by atoms with Gasteiger partial charge in [-0.3, -0.25) is 0 Å². The molecule has 29 heavy (non-hydrogen) atoms. The highest BCUT2D eigenvalue weighted by Crippen LogP contribution is 2.31. The minimum Gasteiger partial charge on any atom is -0.310 e. The molecule has 0 bridgehead atoms. The molecular weight excluding hydrogens is 349 g/mol. The smallest absolute Gasteiger partial charge is 0.208 e. The molecule has 0 N–H and O–H groups in total. The number of hydrogen-bond donors (Lipinski definition) is 0. The van der Waals surface area contributed by atoms with Gasteiger partial charge in [-0.05, 0) is 18.2 Å². The number of nitrogens with zero attached hydrogens (tertiary/aromatic N) is 1. The van der Waals surface area contributed by atoms with Crippen LogP contribution in [-0.4, -0.2) is 11.3 Å². The molecule has 0 fully saturated rings. The van der Waals surface area contributed by atoms with Gasteiger partial charge in [0.2, 0.25) is 6.71 Å². The molecule has 0 saturated heterocycles. The van der Waals surface area contributed by atoms with Gasteiger partial charge in [0.25, 0.3) is 0 Å². The highest BCUT2D eigenvalue weighted by Gasteiger charge is 2.19. The van der Waals surface area contributed by atoms with Crippen LogP contribution in [0.1, 0.15) is 13.8 Å². The molecule has 0 amide bonds. The Morgan fingerprint density at radius 1 is 0.552 bits per heavy atom. The normalized spacial score (nSPS) is 10.6. The van der Waals surface area contributed by atoms with E-state index in [1.54, 1.807) is 0 Å². The van der Waals surface area contributed by atoms with Crippen molar-refractivity contribution in [3.05, 3.63) is 103 Å². The molecule has 1 aromatic heterocycles. The summed E-state index contributed by atoms with van der Waals surface area (Å²) >= 11 is 0. The second kappa shape index (κ2) is 8.40. The van der Waals surface area contributed by atoms with Crippen LogP contribution in [-0.2, 0) is 0 Å². The van der Waals surface area contributed by atoms with Crippen molar-refractivity contribution >= 4 is 39.4 Å². The Balaban J connectivity index is 0.000000994. The molecule has 0 radical (unpaired) electrons. The van der Waals surface area contributed by atoms with Gasteiger partial charge < -0.3 is 4.57 Å². The fourth-order valence-electron chi connectivity index (χ4n) is 4.16. The monoisotopic (exact) mass is 375 g/mol. The highest BCUT2D eigenvalue weighted by atomic mass is 15.0. The van der Waals surface area contributed by atoms with Crippen LogP contribution in [0.2, 0.25) is 6.82 Å². The molecule has 2 heteroatoms. The minimum atomic E-state index is 0.322. The number of aromatic nitrogens is 1. The predicted molar refractivity (Wildman–Crippen MR) is 129 cm³/mol. The second-order valence-corrected chi connectivity index (χ2v) is 7.06. The van der Waals surface area contributed by atoms with Crippen molar-refractivity contribution in [3.63, 3.8) is 0 Å². The number of rotatable bonds is 3. The molecule has 4 aromatic carbocycles. The lowest BCUT2D eigenvalue weighted by atomic mass is 9.42. The Bertz CT molecular complexity index is 1180. The molecular formula is C27H26BN. The van der Waals surface area contributed by atoms with Crippen molar-refractivity contribution in [2.24, 2.45) is 0 Å². The van der Waals surface area contributed by atoms with E-state index in [2.05, 4.69) is 115 Å². The standard InChI is InChI=1S/C25H20BN.C2H6/c1-26(19-11-3-2-4-12-19)22-15-7-10-18-25(22)27-23-16-8-5-13-20(23)21-14-6-9-17-24(21)27;1-2/h2-18H,1H3;1-2H3. The fourth-order valence-corrected chi connectivity index (χ4v) is 4.16. The van der Waals surface area contributed by atoms with Gasteiger partial charge in [0.1, 0.15) is 0 Å². The summed E-state index contributed by atoms with van der Waals surface area (Å²) in [5.41, 5.74) is 6.45. The molecule has 1 nitrogen and oxygen atoms in total. The summed E-state index contributed by atoms with van der Waals surface area (Å²) in [6, 6.07) is 36.9. The van der Waals surface area contributed by atoms with Gasteiger partial charge in [0.15, 0.2) is 0 Å². The third kappa shape index (κ3) is 3.36. The molecule has 0 saturated carbocycles. The van der Waals surface area contributed by atoms with Crippen LogP contribution in [0.25, 0.3) is 27.5 Å². The third-order valence-corrected chi connectivity index (χ3v) is 5.52. The zero-order valence-electron chi connectivity index (χ0n) is 17.3. The van der Waals surface area contributed by atoms with Gasteiger partial charge >= 0.3 is 0 Å². The lowest BCUT2D eigenvalue weighted by Gasteiger charge is -2.17. The first-order valence-corrected chi connectivity index (χ1v) is 10.5. The van der Waals surface area contributed by atoms with E-state index in [0.717, 1.165) is 0 Å². The first-order chi connectivity index (χ1) is 14.3. The number of hydrogen-bond acceptors (Lipinski definition) is 0. The van der Waals surface area contributed by atoms with Gasteiger partial charge in [-0.15, -0.1) is 0 Å². The summed E-state index contributed by atoms with van der Waals surface area (Å²) in [5.74, 6) is 0. The summed E-state index contributed by atoms with van der Waals surface area (Å²) in [6.07, 6.45) is 0. The highest BCUT2D eigenvalue weighted by molar-refractivity contribution is 6.84. The molecule has 142 valence electrons. The van der Waals surface area contributed by atoms with Gasteiger partial charge in [0.05, 0.1) is 11.0 Å². The lowest BCUT2D eigenvalue weighted by molar-refractivity contribution is 1.19. The lowest BCUT2D eigenvalue weighted by Crippen LogP contribution is -2.41. The average molecular weight is 375 g/mol. The predicted octanol–water partition coefficient (Wildman–Crippen LogP) is 6.05. The fraction of sp³-hybridized carbons (Fsp3) is 0.111. The molecule has 0 spiro atoms. The van der Waals surface area contributed by atoms with Gasteiger partial charge in [-0.2, -0.15) is 0 Å².